The Morgan fingerprint density at radius 3 is 2.81 bits per heavy atom. The molecular weight excluding hydrogens is 346 g/mol. The van der Waals surface area contributed by atoms with Gasteiger partial charge in [-0.1, -0.05) is 35.5 Å². The molecule has 1 spiro atoms. The highest BCUT2D eigenvalue weighted by Crippen LogP contribution is 2.49. The molecule has 0 N–H and O–H groups in total. The van der Waals surface area contributed by atoms with Crippen molar-refractivity contribution < 1.29 is 18.8 Å². The van der Waals surface area contributed by atoms with E-state index < -0.39 is 0 Å². The summed E-state index contributed by atoms with van der Waals surface area (Å²) in [6.45, 7) is 5.22. The molecule has 0 aliphatic carbocycles. The summed E-state index contributed by atoms with van der Waals surface area (Å²) in [6, 6.07) is 9.79. The number of rotatable bonds is 5. The van der Waals surface area contributed by atoms with Gasteiger partial charge in [-0.3, -0.25) is 4.79 Å². The minimum Gasteiger partial charge on any atom is -0.381 e. The fourth-order valence-electron chi connectivity index (χ4n) is 4.15. The first-order chi connectivity index (χ1) is 13.2. The van der Waals surface area contributed by atoms with Gasteiger partial charge in [0.25, 0.3) is 0 Å². The highest BCUT2D eigenvalue weighted by atomic mass is 16.5. The van der Waals surface area contributed by atoms with Crippen molar-refractivity contribution in [3.8, 4) is 11.4 Å². The van der Waals surface area contributed by atoms with Gasteiger partial charge in [-0.25, -0.2) is 0 Å². The first-order valence-corrected chi connectivity index (χ1v) is 9.54. The molecule has 0 radical (unpaired) electrons. The van der Waals surface area contributed by atoms with Gasteiger partial charge in [-0.05, 0) is 19.8 Å². The SMILES string of the molecule is CCOCC(=O)N1C[C@@H](c2nc(-c3ccccc3)no2)C2(CCOCC2)C1. The molecule has 1 aromatic heterocycles. The van der Waals surface area contributed by atoms with Crippen LogP contribution in [0.25, 0.3) is 11.4 Å². The number of nitrogens with zero attached hydrogens (tertiary/aromatic N) is 3. The fourth-order valence-corrected chi connectivity index (χ4v) is 4.15. The number of aromatic nitrogens is 2. The second kappa shape index (κ2) is 7.78. The quantitative estimate of drug-likeness (QED) is 0.804. The topological polar surface area (TPSA) is 77.7 Å². The standard InChI is InChI=1S/C20H25N3O4/c1-2-25-13-17(24)23-12-16(20(14-23)8-10-26-11-9-20)19-21-18(22-27-19)15-6-4-3-5-7-15/h3-7,16H,2,8-14H2,1H3/t16-/m0/s1. The van der Waals surface area contributed by atoms with Gasteiger partial charge in [0, 0.05) is 43.9 Å². The largest absolute Gasteiger partial charge is 0.381 e. The third-order valence-electron chi connectivity index (χ3n) is 5.69. The smallest absolute Gasteiger partial charge is 0.248 e. The van der Waals surface area contributed by atoms with E-state index in [1.807, 2.05) is 42.2 Å². The molecule has 27 heavy (non-hydrogen) atoms. The van der Waals surface area contributed by atoms with Crippen molar-refractivity contribution in [2.75, 3.05) is 39.5 Å². The van der Waals surface area contributed by atoms with Crippen LogP contribution in [-0.2, 0) is 14.3 Å². The van der Waals surface area contributed by atoms with Crippen LogP contribution >= 0.6 is 0 Å². The number of carbonyl (C=O) groups is 1. The zero-order valence-electron chi connectivity index (χ0n) is 15.6. The Labute approximate surface area is 158 Å². The lowest BCUT2D eigenvalue weighted by atomic mass is 9.72. The minimum atomic E-state index is -0.0688. The van der Waals surface area contributed by atoms with Crippen molar-refractivity contribution in [3.05, 3.63) is 36.2 Å². The summed E-state index contributed by atoms with van der Waals surface area (Å²) in [5.74, 6) is 1.25. The Bertz CT molecular complexity index is 771. The van der Waals surface area contributed by atoms with Crippen LogP contribution in [-0.4, -0.2) is 60.5 Å². The van der Waals surface area contributed by atoms with Crippen molar-refractivity contribution >= 4 is 5.91 Å². The van der Waals surface area contributed by atoms with E-state index in [-0.39, 0.29) is 23.8 Å². The Morgan fingerprint density at radius 2 is 2.07 bits per heavy atom. The second-order valence-corrected chi connectivity index (χ2v) is 7.26. The summed E-state index contributed by atoms with van der Waals surface area (Å²) >= 11 is 0. The highest BCUT2D eigenvalue weighted by Gasteiger charge is 2.51. The minimum absolute atomic E-state index is 0.0213. The van der Waals surface area contributed by atoms with Gasteiger partial charge in [0.2, 0.25) is 17.6 Å². The maximum Gasteiger partial charge on any atom is 0.248 e. The molecule has 3 heterocycles. The average molecular weight is 371 g/mol. The molecule has 2 fully saturated rings. The molecule has 0 saturated carbocycles. The van der Waals surface area contributed by atoms with Gasteiger partial charge in [0.05, 0.1) is 5.92 Å². The molecule has 7 heteroatoms. The Balaban J connectivity index is 1.59. The lowest BCUT2D eigenvalue weighted by Gasteiger charge is -2.36. The lowest BCUT2D eigenvalue weighted by molar-refractivity contribution is -0.135. The molecule has 0 unspecified atom stereocenters. The van der Waals surface area contributed by atoms with Crippen LogP contribution in [0.5, 0.6) is 0 Å². The number of amides is 1. The molecule has 2 aliphatic rings. The van der Waals surface area contributed by atoms with Crippen LogP contribution in [0, 0.1) is 5.41 Å². The molecule has 2 aromatic rings. The van der Waals surface area contributed by atoms with Crippen LogP contribution in [0.1, 0.15) is 31.6 Å². The fraction of sp³-hybridized carbons (Fsp3) is 0.550. The number of benzene rings is 1. The van der Waals surface area contributed by atoms with E-state index in [0.717, 1.165) is 18.4 Å². The highest BCUT2D eigenvalue weighted by molar-refractivity contribution is 5.78. The van der Waals surface area contributed by atoms with Crippen molar-refractivity contribution in [1.29, 1.82) is 0 Å². The lowest BCUT2D eigenvalue weighted by Crippen LogP contribution is -2.38. The summed E-state index contributed by atoms with van der Waals surface area (Å²) in [4.78, 5) is 19.1. The number of hydrogen-bond donors (Lipinski definition) is 0. The third kappa shape index (κ3) is 3.61. The molecule has 4 rings (SSSR count). The summed E-state index contributed by atoms with van der Waals surface area (Å²) in [5, 5.41) is 4.18. The predicted molar refractivity (Wildman–Crippen MR) is 98.0 cm³/mol. The maximum atomic E-state index is 12.5. The van der Waals surface area contributed by atoms with E-state index in [9.17, 15) is 4.79 Å². The van der Waals surface area contributed by atoms with Crippen molar-refractivity contribution in [1.82, 2.24) is 15.0 Å². The predicted octanol–water partition coefficient (Wildman–Crippen LogP) is 2.50. The molecule has 144 valence electrons. The molecule has 1 aromatic carbocycles. The van der Waals surface area contributed by atoms with Crippen LogP contribution < -0.4 is 0 Å². The monoisotopic (exact) mass is 371 g/mol. The number of ether oxygens (including phenoxy) is 2. The molecule has 7 nitrogen and oxygen atoms in total. The summed E-state index contributed by atoms with van der Waals surface area (Å²) in [5.41, 5.74) is 0.858. The van der Waals surface area contributed by atoms with E-state index in [4.69, 9.17) is 14.0 Å². The van der Waals surface area contributed by atoms with E-state index in [0.29, 0.717) is 44.6 Å². The van der Waals surface area contributed by atoms with Gasteiger partial charge in [0.15, 0.2) is 0 Å². The zero-order chi connectivity index (χ0) is 18.7. The van der Waals surface area contributed by atoms with Crippen LogP contribution in [0.4, 0.5) is 0 Å². The van der Waals surface area contributed by atoms with Gasteiger partial charge < -0.3 is 18.9 Å². The van der Waals surface area contributed by atoms with Crippen LogP contribution in [0.2, 0.25) is 0 Å². The van der Waals surface area contributed by atoms with Gasteiger partial charge >= 0.3 is 0 Å². The molecule has 1 atom stereocenters. The number of likely N-dealkylation sites (tertiary alicyclic amines) is 1. The van der Waals surface area contributed by atoms with Crippen molar-refractivity contribution in [2.45, 2.75) is 25.7 Å². The van der Waals surface area contributed by atoms with Gasteiger partial charge in [-0.2, -0.15) is 4.98 Å². The van der Waals surface area contributed by atoms with E-state index in [1.54, 1.807) is 0 Å². The number of hydrogen-bond acceptors (Lipinski definition) is 6. The van der Waals surface area contributed by atoms with Crippen LogP contribution in [0.3, 0.4) is 0 Å². The molecular formula is C20H25N3O4. The van der Waals surface area contributed by atoms with Gasteiger partial charge in [0.1, 0.15) is 6.61 Å². The van der Waals surface area contributed by atoms with E-state index in [2.05, 4.69) is 10.1 Å². The second-order valence-electron chi connectivity index (χ2n) is 7.26. The molecule has 2 aliphatic heterocycles. The van der Waals surface area contributed by atoms with Crippen molar-refractivity contribution in [2.24, 2.45) is 5.41 Å². The average Bonchev–Trinajstić information content (AvgIpc) is 3.33. The summed E-state index contributed by atoms with van der Waals surface area (Å²) in [6.07, 6.45) is 1.78. The normalized spacial score (nSPS) is 21.7. The van der Waals surface area contributed by atoms with Crippen LogP contribution in [0.15, 0.2) is 34.9 Å². The first kappa shape index (κ1) is 18.1. The van der Waals surface area contributed by atoms with Crippen molar-refractivity contribution in [3.63, 3.8) is 0 Å². The Kier molecular flexibility index (Phi) is 5.22. The third-order valence-corrected chi connectivity index (χ3v) is 5.69. The van der Waals surface area contributed by atoms with E-state index in [1.165, 1.54) is 0 Å². The zero-order valence-corrected chi connectivity index (χ0v) is 15.6. The summed E-state index contributed by atoms with van der Waals surface area (Å²) < 4.78 is 16.6. The maximum absolute atomic E-state index is 12.5. The molecule has 2 saturated heterocycles. The van der Waals surface area contributed by atoms with E-state index >= 15 is 0 Å². The summed E-state index contributed by atoms with van der Waals surface area (Å²) in [7, 11) is 0. The number of carbonyl (C=O) groups excluding carboxylic acids is 1. The molecule has 1 amide bonds. The van der Waals surface area contributed by atoms with Gasteiger partial charge in [-0.15, -0.1) is 0 Å². The Morgan fingerprint density at radius 1 is 1.30 bits per heavy atom. The molecule has 0 bridgehead atoms. The first-order valence-electron chi connectivity index (χ1n) is 9.54. The Hall–Kier alpha value is -2.25.